The standard InChI is InChI=1S/C13H14N4O3/c1-9-6-11(2-3-12(9)17(18)19)20-8-10-4-5-15-13(7-10)16-14/h2-7H,8,14H2,1H3,(H,15,16). The lowest BCUT2D eigenvalue weighted by Gasteiger charge is -2.08. The Kier molecular flexibility index (Phi) is 4.11. The number of anilines is 1. The molecule has 1 aromatic carbocycles. The summed E-state index contributed by atoms with van der Waals surface area (Å²) in [5.41, 5.74) is 3.99. The molecule has 0 unspecified atom stereocenters. The van der Waals surface area contributed by atoms with Gasteiger partial charge in [-0.2, -0.15) is 0 Å². The van der Waals surface area contributed by atoms with E-state index in [4.69, 9.17) is 10.6 Å². The molecule has 104 valence electrons. The van der Waals surface area contributed by atoms with Gasteiger partial charge in [-0.1, -0.05) is 0 Å². The number of benzene rings is 1. The zero-order valence-electron chi connectivity index (χ0n) is 10.9. The number of hydrogen-bond acceptors (Lipinski definition) is 6. The van der Waals surface area contributed by atoms with E-state index < -0.39 is 4.92 Å². The molecule has 0 aliphatic rings. The Balaban J connectivity index is 2.07. The van der Waals surface area contributed by atoms with Gasteiger partial charge in [0.05, 0.1) is 4.92 Å². The molecule has 0 aliphatic carbocycles. The van der Waals surface area contributed by atoms with Crippen LogP contribution in [0.2, 0.25) is 0 Å². The van der Waals surface area contributed by atoms with Gasteiger partial charge >= 0.3 is 0 Å². The van der Waals surface area contributed by atoms with Gasteiger partial charge in [-0.05, 0) is 36.8 Å². The SMILES string of the molecule is Cc1cc(OCc2ccnc(NN)c2)ccc1[N+](=O)[O-]. The van der Waals surface area contributed by atoms with Crippen LogP contribution < -0.4 is 16.0 Å². The van der Waals surface area contributed by atoms with E-state index in [0.29, 0.717) is 23.7 Å². The van der Waals surface area contributed by atoms with Crippen molar-refractivity contribution in [1.29, 1.82) is 0 Å². The first kappa shape index (κ1) is 13.8. The van der Waals surface area contributed by atoms with Crippen LogP contribution in [0.25, 0.3) is 0 Å². The number of aromatic nitrogens is 1. The molecule has 0 saturated heterocycles. The maximum Gasteiger partial charge on any atom is 0.272 e. The zero-order chi connectivity index (χ0) is 14.5. The number of hydrazine groups is 1. The molecule has 0 atom stereocenters. The van der Waals surface area contributed by atoms with Crippen LogP contribution >= 0.6 is 0 Å². The molecule has 0 fully saturated rings. The Morgan fingerprint density at radius 2 is 2.20 bits per heavy atom. The van der Waals surface area contributed by atoms with Crippen LogP contribution in [0.3, 0.4) is 0 Å². The first-order chi connectivity index (χ1) is 9.60. The van der Waals surface area contributed by atoms with E-state index in [9.17, 15) is 10.1 Å². The lowest BCUT2D eigenvalue weighted by atomic mass is 10.2. The Labute approximate surface area is 115 Å². The topological polar surface area (TPSA) is 103 Å². The predicted molar refractivity (Wildman–Crippen MR) is 74.2 cm³/mol. The minimum atomic E-state index is -0.416. The van der Waals surface area contributed by atoms with Gasteiger partial charge in [-0.3, -0.25) is 10.1 Å². The first-order valence-corrected chi connectivity index (χ1v) is 5.89. The van der Waals surface area contributed by atoms with Gasteiger partial charge in [0.1, 0.15) is 18.2 Å². The monoisotopic (exact) mass is 274 g/mol. The second kappa shape index (κ2) is 5.98. The van der Waals surface area contributed by atoms with E-state index in [1.807, 2.05) is 0 Å². The van der Waals surface area contributed by atoms with Crippen LogP contribution in [0.4, 0.5) is 11.5 Å². The molecule has 3 N–H and O–H groups in total. The largest absolute Gasteiger partial charge is 0.489 e. The summed E-state index contributed by atoms with van der Waals surface area (Å²) in [6.07, 6.45) is 1.62. The highest BCUT2D eigenvalue weighted by molar-refractivity contribution is 5.44. The third kappa shape index (κ3) is 3.21. The van der Waals surface area contributed by atoms with Crippen LogP contribution in [-0.2, 0) is 6.61 Å². The van der Waals surface area contributed by atoms with Gasteiger partial charge in [0.25, 0.3) is 5.69 Å². The van der Waals surface area contributed by atoms with Crippen LogP contribution in [0.15, 0.2) is 36.5 Å². The summed E-state index contributed by atoms with van der Waals surface area (Å²) < 4.78 is 5.59. The quantitative estimate of drug-likeness (QED) is 0.492. The van der Waals surface area contributed by atoms with Crippen LogP contribution in [-0.4, -0.2) is 9.91 Å². The maximum absolute atomic E-state index is 10.7. The molecule has 2 aromatic rings. The number of nitrogens with two attached hydrogens (primary N) is 1. The smallest absolute Gasteiger partial charge is 0.272 e. The second-order valence-electron chi connectivity index (χ2n) is 4.19. The van der Waals surface area contributed by atoms with E-state index in [-0.39, 0.29) is 5.69 Å². The lowest BCUT2D eigenvalue weighted by Crippen LogP contribution is -2.09. The van der Waals surface area contributed by atoms with Crippen LogP contribution in [0, 0.1) is 17.0 Å². The first-order valence-electron chi connectivity index (χ1n) is 5.89. The summed E-state index contributed by atoms with van der Waals surface area (Å²) in [6, 6.07) is 8.22. The number of hydrogen-bond donors (Lipinski definition) is 2. The van der Waals surface area contributed by atoms with Crippen molar-refractivity contribution >= 4 is 11.5 Å². The molecule has 7 nitrogen and oxygen atoms in total. The van der Waals surface area contributed by atoms with Crippen LogP contribution in [0.5, 0.6) is 5.75 Å². The molecule has 1 heterocycles. The fraction of sp³-hybridized carbons (Fsp3) is 0.154. The molecule has 2 rings (SSSR count). The summed E-state index contributed by atoms with van der Waals surface area (Å²) in [5.74, 6) is 6.40. The van der Waals surface area contributed by atoms with Crippen molar-refractivity contribution in [3.05, 3.63) is 57.8 Å². The Bertz CT molecular complexity index is 631. The van der Waals surface area contributed by atoms with Crippen molar-refractivity contribution in [2.24, 2.45) is 5.84 Å². The van der Waals surface area contributed by atoms with E-state index in [0.717, 1.165) is 5.56 Å². The summed E-state index contributed by atoms with van der Waals surface area (Å²) in [5, 5.41) is 10.7. The number of nitrogens with zero attached hydrogens (tertiary/aromatic N) is 2. The second-order valence-corrected chi connectivity index (χ2v) is 4.19. The minimum Gasteiger partial charge on any atom is -0.489 e. The highest BCUT2D eigenvalue weighted by atomic mass is 16.6. The number of nitrogens with one attached hydrogen (secondary N) is 1. The summed E-state index contributed by atoms with van der Waals surface area (Å²) in [6.45, 7) is 2.00. The summed E-state index contributed by atoms with van der Waals surface area (Å²) in [7, 11) is 0. The van der Waals surface area contributed by atoms with Crippen molar-refractivity contribution < 1.29 is 9.66 Å². The zero-order valence-corrected chi connectivity index (χ0v) is 10.9. The fourth-order valence-corrected chi connectivity index (χ4v) is 1.73. The van der Waals surface area contributed by atoms with E-state index in [1.54, 1.807) is 37.4 Å². The molecular weight excluding hydrogens is 260 g/mol. The third-order valence-electron chi connectivity index (χ3n) is 2.74. The highest BCUT2D eigenvalue weighted by Gasteiger charge is 2.10. The van der Waals surface area contributed by atoms with E-state index in [2.05, 4.69) is 10.4 Å². The third-order valence-corrected chi connectivity index (χ3v) is 2.74. The average Bonchev–Trinajstić information content (AvgIpc) is 2.45. The molecule has 1 aromatic heterocycles. The molecule has 0 amide bonds. The molecule has 0 aliphatic heterocycles. The van der Waals surface area contributed by atoms with Crippen LogP contribution in [0.1, 0.15) is 11.1 Å². The highest BCUT2D eigenvalue weighted by Crippen LogP contribution is 2.23. The molecule has 0 saturated carbocycles. The average molecular weight is 274 g/mol. The minimum absolute atomic E-state index is 0.0795. The molecule has 0 bridgehead atoms. The number of aryl methyl sites for hydroxylation is 1. The van der Waals surface area contributed by atoms with Gasteiger partial charge in [0.15, 0.2) is 0 Å². The Morgan fingerprint density at radius 3 is 2.85 bits per heavy atom. The molecule has 0 spiro atoms. The molecule has 0 radical (unpaired) electrons. The van der Waals surface area contributed by atoms with E-state index >= 15 is 0 Å². The number of nitro groups is 1. The Morgan fingerprint density at radius 1 is 1.40 bits per heavy atom. The predicted octanol–water partition coefficient (Wildman–Crippen LogP) is 2.16. The van der Waals surface area contributed by atoms with Gasteiger partial charge < -0.3 is 10.2 Å². The van der Waals surface area contributed by atoms with Crippen molar-refractivity contribution in [1.82, 2.24) is 4.98 Å². The van der Waals surface area contributed by atoms with E-state index in [1.165, 1.54) is 6.07 Å². The van der Waals surface area contributed by atoms with Crippen molar-refractivity contribution in [3.8, 4) is 5.75 Å². The van der Waals surface area contributed by atoms with Gasteiger partial charge in [0.2, 0.25) is 0 Å². The summed E-state index contributed by atoms with van der Waals surface area (Å²) >= 11 is 0. The fourth-order valence-electron chi connectivity index (χ4n) is 1.73. The Hall–Kier alpha value is -2.67. The number of rotatable bonds is 5. The number of nitro benzene ring substituents is 1. The normalized spacial score (nSPS) is 10.1. The van der Waals surface area contributed by atoms with Gasteiger partial charge in [0, 0.05) is 17.8 Å². The number of ether oxygens (including phenoxy) is 1. The van der Waals surface area contributed by atoms with Crippen molar-refractivity contribution in [2.45, 2.75) is 13.5 Å². The van der Waals surface area contributed by atoms with Crippen molar-refractivity contribution in [3.63, 3.8) is 0 Å². The molecule has 7 heteroatoms. The molecule has 20 heavy (non-hydrogen) atoms. The lowest BCUT2D eigenvalue weighted by molar-refractivity contribution is -0.385. The number of pyridine rings is 1. The number of nitrogen functional groups attached to an aromatic ring is 1. The van der Waals surface area contributed by atoms with Gasteiger partial charge in [-0.15, -0.1) is 0 Å². The van der Waals surface area contributed by atoms with Crippen molar-refractivity contribution in [2.75, 3.05) is 5.43 Å². The molecular formula is C13H14N4O3. The maximum atomic E-state index is 10.7. The summed E-state index contributed by atoms with van der Waals surface area (Å²) in [4.78, 5) is 14.3. The van der Waals surface area contributed by atoms with Gasteiger partial charge in [-0.25, -0.2) is 10.8 Å².